The molecule has 3 rings (SSSR count). The Labute approximate surface area is 109 Å². The molecule has 1 atom stereocenters. The predicted octanol–water partition coefficient (Wildman–Crippen LogP) is 0.664. The Morgan fingerprint density at radius 3 is 3.05 bits per heavy atom. The molecule has 1 saturated heterocycles. The smallest absolute Gasteiger partial charge is 0.276 e. The lowest BCUT2D eigenvalue weighted by Crippen LogP contribution is -2.35. The Morgan fingerprint density at radius 1 is 1.42 bits per heavy atom. The van der Waals surface area contributed by atoms with Crippen molar-refractivity contribution in [2.75, 3.05) is 19.8 Å². The first-order valence-electron chi connectivity index (χ1n) is 5.88. The average Bonchev–Trinajstić information content (AvgIpc) is 2.98. The van der Waals surface area contributed by atoms with Gasteiger partial charge in [-0.1, -0.05) is 5.16 Å². The molecular formula is C12H11N5O2. The van der Waals surface area contributed by atoms with E-state index in [9.17, 15) is 0 Å². The highest BCUT2D eigenvalue weighted by Gasteiger charge is 2.21. The van der Waals surface area contributed by atoms with E-state index in [0.717, 1.165) is 6.54 Å². The molecule has 0 aromatic carbocycles. The van der Waals surface area contributed by atoms with Crippen LogP contribution in [0.15, 0.2) is 22.9 Å². The van der Waals surface area contributed by atoms with Gasteiger partial charge in [0.2, 0.25) is 0 Å². The minimum absolute atomic E-state index is 0.0513. The number of nitriles is 1. The van der Waals surface area contributed by atoms with Crippen LogP contribution in [0.4, 0.5) is 0 Å². The van der Waals surface area contributed by atoms with Gasteiger partial charge in [0.15, 0.2) is 5.82 Å². The van der Waals surface area contributed by atoms with Crippen LogP contribution in [0.2, 0.25) is 0 Å². The maximum Gasteiger partial charge on any atom is 0.276 e. The van der Waals surface area contributed by atoms with E-state index in [1.807, 2.05) is 6.07 Å². The van der Waals surface area contributed by atoms with Gasteiger partial charge in [0.05, 0.1) is 24.8 Å². The van der Waals surface area contributed by atoms with Crippen LogP contribution in [0.3, 0.4) is 0 Å². The van der Waals surface area contributed by atoms with Gasteiger partial charge in [0.1, 0.15) is 11.8 Å². The van der Waals surface area contributed by atoms with Gasteiger partial charge in [0.25, 0.3) is 5.89 Å². The van der Waals surface area contributed by atoms with Crippen LogP contribution in [0, 0.1) is 11.3 Å². The van der Waals surface area contributed by atoms with Crippen LogP contribution in [0.1, 0.15) is 17.4 Å². The Bertz CT molecular complexity index is 595. The van der Waals surface area contributed by atoms with E-state index in [1.54, 1.807) is 12.1 Å². The first-order chi connectivity index (χ1) is 9.36. The number of rotatable bonds is 2. The minimum Gasteiger partial charge on any atom is -0.378 e. The van der Waals surface area contributed by atoms with Crippen molar-refractivity contribution in [2.24, 2.45) is 0 Å². The van der Waals surface area contributed by atoms with E-state index < -0.39 is 0 Å². The van der Waals surface area contributed by atoms with Crippen molar-refractivity contribution < 1.29 is 9.26 Å². The molecule has 3 heterocycles. The molecule has 0 bridgehead atoms. The highest BCUT2D eigenvalue weighted by Crippen LogP contribution is 2.18. The van der Waals surface area contributed by atoms with E-state index in [1.165, 1.54) is 6.20 Å². The second-order valence-electron chi connectivity index (χ2n) is 4.08. The number of nitrogens with zero attached hydrogens (tertiary/aromatic N) is 4. The molecule has 2 aromatic rings. The Hall–Kier alpha value is -2.30. The maximum atomic E-state index is 8.71. The highest BCUT2D eigenvalue weighted by molar-refractivity contribution is 5.47. The highest BCUT2D eigenvalue weighted by atomic mass is 16.5. The van der Waals surface area contributed by atoms with Gasteiger partial charge in [-0.05, 0) is 12.1 Å². The van der Waals surface area contributed by atoms with Crippen molar-refractivity contribution in [1.82, 2.24) is 20.4 Å². The number of hydrogen-bond donors (Lipinski definition) is 1. The molecule has 1 aliphatic rings. The van der Waals surface area contributed by atoms with Crippen molar-refractivity contribution in [1.29, 1.82) is 5.26 Å². The zero-order valence-corrected chi connectivity index (χ0v) is 10.0. The Morgan fingerprint density at radius 2 is 2.37 bits per heavy atom. The topological polar surface area (TPSA) is 96.9 Å². The number of hydrogen-bond acceptors (Lipinski definition) is 7. The molecule has 2 aromatic heterocycles. The molecule has 7 nitrogen and oxygen atoms in total. The van der Waals surface area contributed by atoms with Crippen LogP contribution in [0.5, 0.6) is 0 Å². The quantitative estimate of drug-likeness (QED) is 0.844. The van der Waals surface area contributed by atoms with Crippen LogP contribution < -0.4 is 5.32 Å². The molecule has 7 heteroatoms. The van der Waals surface area contributed by atoms with Gasteiger partial charge < -0.3 is 14.6 Å². The van der Waals surface area contributed by atoms with Crippen molar-refractivity contribution in [2.45, 2.75) is 6.04 Å². The van der Waals surface area contributed by atoms with Crippen LogP contribution in [-0.4, -0.2) is 34.9 Å². The van der Waals surface area contributed by atoms with Crippen molar-refractivity contribution >= 4 is 0 Å². The van der Waals surface area contributed by atoms with E-state index in [0.29, 0.717) is 36.2 Å². The minimum atomic E-state index is -0.0513. The van der Waals surface area contributed by atoms with Crippen LogP contribution in [-0.2, 0) is 4.74 Å². The fourth-order valence-corrected chi connectivity index (χ4v) is 1.80. The third-order valence-electron chi connectivity index (χ3n) is 2.79. The SMILES string of the molecule is N#Cc1ccc(-c2nc(C3COCCN3)no2)nc1. The Kier molecular flexibility index (Phi) is 3.18. The summed E-state index contributed by atoms with van der Waals surface area (Å²) in [5.74, 6) is 0.896. The summed E-state index contributed by atoms with van der Waals surface area (Å²) >= 11 is 0. The lowest BCUT2D eigenvalue weighted by Gasteiger charge is -2.20. The normalized spacial score (nSPS) is 19.0. The largest absolute Gasteiger partial charge is 0.378 e. The lowest BCUT2D eigenvalue weighted by atomic mass is 10.2. The van der Waals surface area contributed by atoms with Crippen LogP contribution >= 0.6 is 0 Å². The predicted molar refractivity (Wildman–Crippen MR) is 63.8 cm³/mol. The first-order valence-corrected chi connectivity index (χ1v) is 5.88. The number of pyridine rings is 1. The summed E-state index contributed by atoms with van der Waals surface area (Å²) in [6.07, 6.45) is 1.47. The number of nitrogens with one attached hydrogen (secondary N) is 1. The first kappa shape index (κ1) is 11.8. The van der Waals surface area contributed by atoms with E-state index >= 15 is 0 Å². The lowest BCUT2D eigenvalue weighted by molar-refractivity contribution is 0.0734. The average molecular weight is 257 g/mol. The molecule has 0 aliphatic carbocycles. The zero-order chi connectivity index (χ0) is 13.1. The summed E-state index contributed by atoms with van der Waals surface area (Å²) in [6, 6.07) is 5.30. The monoisotopic (exact) mass is 257 g/mol. The van der Waals surface area contributed by atoms with Gasteiger partial charge in [-0.2, -0.15) is 10.2 Å². The van der Waals surface area contributed by atoms with E-state index in [4.69, 9.17) is 14.5 Å². The van der Waals surface area contributed by atoms with Gasteiger partial charge in [0, 0.05) is 12.7 Å². The summed E-state index contributed by atoms with van der Waals surface area (Å²) in [6.45, 7) is 1.99. The van der Waals surface area contributed by atoms with Crippen molar-refractivity contribution in [3.05, 3.63) is 29.7 Å². The molecule has 1 fully saturated rings. The number of aromatic nitrogens is 3. The van der Waals surface area contributed by atoms with Gasteiger partial charge >= 0.3 is 0 Å². The van der Waals surface area contributed by atoms with Crippen molar-refractivity contribution in [3.63, 3.8) is 0 Å². The molecular weight excluding hydrogens is 246 g/mol. The van der Waals surface area contributed by atoms with Gasteiger partial charge in [-0.15, -0.1) is 0 Å². The Balaban J connectivity index is 1.81. The van der Waals surface area contributed by atoms with E-state index in [2.05, 4.69) is 20.4 Å². The molecule has 19 heavy (non-hydrogen) atoms. The summed E-state index contributed by atoms with van der Waals surface area (Å²) in [4.78, 5) is 8.40. The van der Waals surface area contributed by atoms with Gasteiger partial charge in [-0.3, -0.25) is 0 Å². The van der Waals surface area contributed by atoms with Crippen molar-refractivity contribution in [3.8, 4) is 17.7 Å². The molecule has 1 N–H and O–H groups in total. The zero-order valence-electron chi connectivity index (χ0n) is 10.0. The molecule has 0 amide bonds. The third-order valence-corrected chi connectivity index (χ3v) is 2.79. The van der Waals surface area contributed by atoms with Gasteiger partial charge in [-0.25, -0.2) is 4.98 Å². The molecule has 0 saturated carbocycles. The van der Waals surface area contributed by atoms with Crippen LogP contribution in [0.25, 0.3) is 11.6 Å². The molecule has 0 radical (unpaired) electrons. The molecule has 96 valence electrons. The summed E-state index contributed by atoms with van der Waals surface area (Å²) in [5.41, 5.74) is 1.04. The fourth-order valence-electron chi connectivity index (χ4n) is 1.80. The standard InChI is InChI=1S/C12H11N5O2/c13-5-8-1-2-9(15-6-8)12-16-11(17-19-12)10-7-18-4-3-14-10/h1-2,6,10,14H,3-4,7H2. The summed E-state index contributed by atoms with van der Waals surface area (Å²) in [7, 11) is 0. The third kappa shape index (κ3) is 2.45. The fraction of sp³-hybridized carbons (Fsp3) is 0.333. The van der Waals surface area contributed by atoms with E-state index in [-0.39, 0.29) is 6.04 Å². The number of ether oxygens (including phenoxy) is 1. The summed E-state index contributed by atoms with van der Waals surface area (Å²) in [5, 5.41) is 15.9. The molecule has 1 unspecified atom stereocenters. The maximum absolute atomic E-state index is 8.71. The molecule has 0 spiro atoms. The molecule has 1 aliphatic heterocycles. The summed E-state index contributed by atoms with van der Waals surface area (Å²) < 4.78 is 10.5. The number of morpholine rings is 1. The second kappa shape index (κ2) is 5.14. The second-order valence-corrected chi connectivity index (χ2v) is 4.08.